The quantitative estimate of drug-likeness (QED) is 0.0909. The zero-order valence-corrected chi connectivity index (χ0v) is 37.7. The Hall–Kier alpha value is -5.60. The second-order valence-corrected chi connectivity index (χ2v) is 16.9. The van der Waals surface area contributed by atoms with Crippen molar-refractivity contribution >= 4 is 0 Å². The molecule has 0 aliphatic carbocycles. The van der Waals surface area contributed by atoms with E-state index in [0.29, 0.717) is 0 Å². The third kappa shape index (κ3) is 15.8. The first-order chi connectivity index (χ1) is 32.1. The Labute approximate surface area is 385 Å². The predicted octanol–water partition coefficient (Wildman–Crippen LogP) is 7.63. The van der Waals surface area contributed by atoms with Crippen LogP contribution in [-0.2, 0) is 39.3 Å². The first kappa shape index (κ1) is 45.9. The summed E-state index contributed by atoms with van der Waals surface area (Å²) < 4.78 is 18.7. The Kier molecular flexibility index (Phi) is 17.8. The summed E-state index contributed by atoms with van der Waals surface area (Å²) in [6, 6.07) is 50.5. The van der Waals surface area contributed by atoms with Crippen LogP contribution < -0.4 is 46.1 Å². The summed E-state index contributed by atoms with van der Waals surface area (Å²) in [5.41, 5.74) is 7.39. The Morgan fingerprint density at radius 2 is 0.385 bits per heavy atom. The van der Waals surface area contributed by atoms with Crippen LogP contribution >= 0.6 is 0 Å². The third-order valence-corrected chi connectivity index (χ3v) is 11.9. The van der Waals surface area contributed by atoms with Crippen molar-refractivity contribution in [3.63, 3.8) is 0 Å². The van der Waals surface area contributed by atoms with Crippen molar-refractivity contribution in [2.24, 2.45) is 0 Å². The van der Waals surface area contributed by atoms with Crippen LogP contribution in [0.5, 0.6) is 34.5 Å². The summed E-state index contributed by atoms with van der Waals surface area (Å²) in [6.45, 7) is 15.8. The van der Waals surface area contributed by atoms with E-state index < -0.39 is 0 Å². The maximum atomic E-state index is 6.23. The molecule has 0 spiro atoms. The molecule has 0 unspecified atom stereocenters. The van der Waals surface area contributed by atoms with Gasteiger partial charge in [-0.05, 0) is 106 Å². The maximum absolute atomic E-state index is 6.23. The van der Waals surface area contributed by atoms with E-state index in [4.69, 9.17) is 14.2 Å². The smallest absolute Gasteiger partial charge is 0.127 e. The first-order valence-corrected chi connectivity index (χ1v) is 23.4. The van der Waals surface area contributed by atoms with Crippen LogP contribution in [0.2, 0.25) is 0 Å². The zero-order chi connectivity index (χ0) is 44.1. The monoisotopic (exact) mass is 875 g/mol. The SMILES string of the molecule is c1cc2ccc1CNCCN1CCNCc3ccc(cc3)Oc3ccc(cc3)CNCCN(CCNCc3ccc(cc3)O2)CCNCc2ccc(cc2)Oc2ccc(cc2)CNCC1. The highest BCUT2D eigenvalue weighted by molar-refractivity contribution is 5.37. The van der Waals surface area contributed by atoms with Gasteiger partial charge in [-0.3, -0.25) is 9.80 Å². The molecule has 0 saturated carbocycles. The van der Waals surface area contributed by atoms with Gasteiger partial charge in [0.2, 0.25) is 0 Å². The van der Waals surface area contributed by atoms with Gasteiger partial charge >= 0.3 is 0 Å². The minimum absolute atomic E-state index is 0.799. The Morgan fingerprint density at radius 3 is 0.538 bits per heavy atom. The van der Waals surface area contributed by atoms with Gasteiger partial charge in [0.1, 0.15) is 34.5 Å². The highest BCUT2D eigenvalue weighted by Gasteiger charge is 2.09. The molecule has 27 aliphatic heterocycles. The van der Waals surface area contributed by atoms with Crippen LogP contribution in [0.1, 0.15) is 33.4 Å². The summed E-state index contributed by atoms with van der Waals surface area (Å²) in [7, 11) is 0. The summed E-state index contributed by atoms with van der Waals surface area (Å²) in [5.74, 6) is 5.03. The standard InChI is InChI=1S/C54H66N8O3/c1-13-49-14-2-43(1)37-55-25-31-61-32-26-56-39-45-5-17-51(18-6-45)64-53-21-9-47(10-22-53)41-59-29-35-62(34-28-58-38-44-3-15-50(63-49)16-4-44)36-30-60-42-48-11-23-54(24-12-48)65-52-19-7-46(8-20-52)40-57-27-33-61/h1-24,55-60H,25-42H2. The van der Waals surface area contributed by atoms with Gasteiger partial charge in [0.15, 0.2) is 0 Å². The van der Waals surface area contributed by atoms with Crippen LogP contribution in [0.25, 0.3) is 0 Å². The summed E-state index contributed by atoms with van der Waals surface area (Å²) >= 11 is 0. The van der Waals surface area contributed by atoms with E-state index in [1.165, 1.54) is 33.4 Å². The summed E-state index contributed by atoms with van der Waals surface area (Å²) in [5, 5.41) is 22.0. The van der Waals surface area contributed by atoms with Crippen LogP contribution in [0.3, 0.4) is 0 Å². The third-order valence-electron chi connectivity index (χ3n) is 11.9. The van der Waals surface area contributed by atoms with Gasteiger partial charge < -0.3 is 46.1 Å². The molecule has 33 rings (SSSR count). The number of ether oxygens (including phenoxy) is 3. The van der Waals surface area contributed by atoms with Crippen molar-refractivity contribution in [1.29, 1.82) is 0 Å². The van der Waals surface area contributed by atoms with Crippen molar-refractivity contribution in [2.45, 2.75) is 39.3 Å². The van der Waals surface area contributed by atoms with Gasteiger partial charge in [-0.2, -0.15) is 0 Å². The predicted molar refractivity (Wildman–Crippen MR) is 262 cm³/mol. The topological polar surface area (TPSA) is 106 Å². The number of rotatable bonds is 0. The Bertz CT molecular complexity index is 1840. The molecular weight excluding hydrogens is 809 g/mol. The molecule has 65 heavy (non-hydrogen) atoms. The molecule has 14 bridgehead atoms. The number of nitrogens with one attached hydrogen (secondary N) is 6. The molecular formula is C54H66N8O3. The molecule has 340 valence electrons. The lowest BCUT2D eigenvalue weighted by Crippen LogP contribution is -2.40. The molecule has 27 heterocycles. The van der Waals surface area contributed by atoms with Crippen molar-refractivity contribution in [3.05, 3.63) is 179 Å². The summed E-state index contributed by atoms with van der Waals surface area (Å²) in [6.07, 6.45) is 0. The minimum Gasteiger partial charge on any atom is -0.457 e. The number of nitrogens with zero attached hydrogens (tertiary/aromatic N) is 2. The first-order valence-electron chi connectivity index (χ1n) is 23.4. The lowest BCUT2D eigenvalue weighted by atomic mass is 10.2. The second-order valence-electron chi connectivity index (χ2n) is 16.9. The lowest BCUT2D eigenvalue weighted by Gasteiger charge is -2.23. The molecule has 0 saturated heterocycles. The van der Waals surface area contributed by atoms with E-state index in [1.54, 1.807) is 0 Å². The normalized spacial score (nSPS) is 19.2. The highest BCUT2D eigenvalue weighted by atomic mass is 16.5. The zero-order valence-electron chi connectivity index (χ0n) is 37.7. The van der Waals surface area contributed by atoms with Crippen molar-refractivity contribution in [2.75, 3.05) is 78.5 Å². The molecule has 0 radical (unpaired) electrons. The molecule has 11 heteroatoms. The number of benzene rings is 6. The molecule has 6 aromatic carbocycles. The van der Waals surface area contributed by atoms with Gasteiger partial charge in [0, 0.05) is 118 Å². The van der Waals surface area contributed by atoms with Gasteiger partial charge in [0.25, 0.3) is 0 Å². The molecule has 0 amide bonds. The van der Waals surface area contributed by atoms with E-state index >= 15 is 0 Å². The van der Waals surface area contributed by atoms with Crippen LogP contribution in [-0.4, -0.2) is 88.3 Å². The number of hydrogen-bond donors (Lipinski definition) is 6. The molecule has 11 nitrogen and oxygen atoms in total. The van der Waals surface area contributed by atoms with Crippen molar-refractivity contribution in [1.82, 2.24) is 41.7 Å². The van der Waals surface area contributed by atoms with Gasteiger partial charge in [-0.15, -0.1) is 0 Å². The fourth-order valence-electron chi connectivity index (χ4n) is 7.95. The highest BCUT2D eigenvalue weighted by Crippen LogP contribution is 2.25. The number of hydrogen-bond acceptors (Lipinski definition) is 11. The Balaban J connectivity index is 0.970. The van der Waals surface area contributed by atoms with Crippen LogP contribution in [0.4, 0.5) is 0 Å². The fraction of sp³-hybridized carbons (Fsp3) is 0.333. The largest absolute Gasteiger partial charge is 0.457 e. The van der Waals surface area contributed by atoms with Gasteiger partial charge in [0.05, 0.1) is 0 Å². The van der Waals surface area contributed by atoms with Crippen molar-refractivity contribution in [3.8, 4) is 34.5 Å². The van der Waals surface area contributed by atoms with E-state index in [-0.39, 0.29) is 0 Å². The second kappa shape index (κ2) is 25.2. The minimum atomic E-state index is 0.799. The Morgan fingerprint density at radius 1 is 0.231 bits per heavy atom. The van der Waals surface area contributed by atoms with E-state index in [9.17, 15) is 0 Å². The van der Waals surface area contributed by atoms with E-state index in [1.807, 2.05) is 0 Å². The molecule has 0 atom stereocenters. The van der Waals surface area contributed by atoms with Crippen LogP contribution in [0.15, 0.2) is 146 Å². The lowest BCUT2D eigenvalue weighted by molar-refractivity contribution is 0.271. The average molecular weight is 875 g/mol. The fourth-order valence-corrected chi connectivity index (χ4v) is 7.95. The average Bonchev–Trinajstić information content (AvgIpc) is 3.34. The molecule has 0 fully saturated rings. The molecule has 0 aromatic heterocycles. The van der Waals surface area contributed by atoms with Gasteiger partial charge in [-0.1, -0.05) is 72.8 Å². The van der Waals surface area contributed by atoms with E-state index in [2.05, 4.69) is 187 Å². The maximum Gasteiger partial charge on any atom is 0.127 e. The molecule has 6 N–H and O–H groups in total. The summed E-state index contributed by atoms with van der Waals surface area (Å²) in [4.78, 5) is 5.05. The van der Waals surface area contributed by atoms with E-state index in [0.717, 1.165) is 152 Å². The van der Waals surface area contributed by atoms with Crippen LogP contribution in [0, 0.1) is 0 Å². The van der Waals surface area contributed by atoms with Crippen molar-refractivity contribution < 1.29 is 14.2 Å². The molecule has 27 aliphatic rings. The molecule has 6 aromatic rings. The van der Waals surface area contributed by atoms with Gasteiger partial charge in [-0.25, -0.2) is 0 Å².